The maximum Gasteiger partial charge on any atom is 0.237 e. The average Bonchev–Trinajstić information content (AvgIpc) is 3.34. The number of halogens is 2. The van der Waals surface area contributed by atoms with Crippen molar-refractivity contribution in [3.63, 3.8) is 0 Å². The fourth-order valence-corrected chi connectivity index (χ4v) is 3.54. The lowest BCUT2D eigenvalue weighted by molar-refractivity contribution is 0.372. The Balaban J connectivity index is 1.71. The zero-order valence-electron chi connectivity index (χ0n) is 16.6. The quantitative estimate of drug-likeness (QED) is 0.409. The second-order valence-corrected chi connectivity index (χ2v) is 8.60. The first kappa shape index (κ1) is 20.2. The molecule has 0 aliphatic rings. The van der Waals surface area contributed by atoms with Crippen LogP contribution in [0.15, 0.2) is 58.2 Å². The molecule has 0 saturated carbocycles. The predicted molar refractivity (Wildman–Crippen MR) is 109 cm³/mol. The van der Waals surface area contributed by atoms with Gasteiger partial charge in [-0.1, -0.05) is 68.0 Å². The Hall–Kier alpha value is -3.07. The first-order chi connectivity index (χ1) is 14.3. The largest absolute Gasteiger partial charge is 0.338 e. The molecule has 0 amide bonds. The van der Waals surface area contributed by atoms with Crippen LogP contribution in [0.3, 0.4) is 0 Å². The zero-order valence-corrected chi connectivity index (χ0v) is 17.5. The van der Waals surface area contributed by atoms with E-state index in [1.807, 2.05) is 51.1 Å². The van der Waals surface area contributed by atoms with Gasteiger partial charge in [0.1, 0.15) is 11.6 Å². The molecule has 0 bridgehead atoms. The highest BCUT2D eigenvalue weighted by atomic mass is 32.2. The smallest absolute Gasteiger partial charge is 0.237 e. The molecule has 0 atom stereocenters. The second-order valence-electron chi connectivity index (χ2n) is 7.65. The zero-order chi connectivity index (χ0) is 21.3. The molecule has 6 nitrogen and oxygen atoms in total. The van der Waals surface area contributed by atoms with Crippen molar-refractivity contribution in [1.29, 1.82) is 0 Å². The third-order valence-electron chi connectivity index (χ3n) is 4.28. The van der Waals surface area contributed by atoms with Crippen LogP contribution in [0.2, 0.25) is 0 Å². The van der Waals surface area contributed by atoms with E-state index in [1.54, 1.807) is 4.57 Å². The number of aromatic nitrogens is 5. The molecule has 154 valence electrons. The van der Waals surface area contributed by atoms with E-state index in [1.165, 1.54) is 23.9 Å². The first-order valence-electron chi connectivity index (χ1n) is 9.25. The maximum atomic E-state index is 14.6. The van der Waals surface area contributed by atoms with Gasteiger partial charge in [-0.15, -0.1) is 10.2 Å². The van der Waals surface area contributed by atoms with Crippen LogP contribution in [0.5, 0.6) is 0 Å². The predicted octanol–water partition coefficient (Wildman–Crippen LogP) is 5.19. The fraction of sp³-hybridized carbons (Fsp3) is 0.238. The number of rotatable bonds is 5. The molecular weight excluding hydrogens is 408 g/mol. The Bertz CT molecular complexity index is 1170. The number of nitrogens with zero attached hydrogens (tertiary/aromatic N) is 5. The summed E-state index contributed by atoms with van der Waals surface area (Å²) in [6, 6.07) is 12.7. The van der Waals surface area contributed by atoms with Gasteiger partial charge in [-0.3, -0.25) is 4.57 Å². The van der Waals surface area contributed by atoms with Crippen molar-refractivity contribution in [3.05, 3.63) is 71.9 Å². The van der Waals surface area contributed by atoms with Crippen LogP contribution in [-0.4, -0.2) is 24.9 Å². The Morgan fingerprint density at radius 1 is 1.03 bits per heavy atom. The van der Waals surface area contributed by atoms with Crippen molar-refractivity contribution < 1.29 is 13.3 Å². The maximum absolute atomic E-state index is 14.6. The van der Waals surface area contributed by atoms with E-state index in [4.69, 9.17) is 4.52 Å². The molecule has 4 rings (SSSR count). The van der Waals surface area contributed by atoms with E-state index < -0.39 is 11.6 Å². The topological polar surface area (TPSA) is 69.6 Å². The molecule has 2 heterocycles. The summed E-state index contributed by atoms with van der Waals surface area (Å²) in [6.45, 7) is 5.98. The van der Waals surface area contributed by atoms with Gasteiger partial charge in [-0.05, 0) is 12.1 Å². The highest BCUT2D eigenvalue weighted by Gasteiger charge is 2.23. The summed E-state index contributed by atoms with van der Waals surface area (Å²) in [7, 11) is 0. The van der Waals surface area contributed by atoms with E-state index in [9.17, 15) is 8.78 Å². The normalized spacial score (nSPS) is 11.8. The van der Waals surface area contributed by atoms with Crippen LogP contribution < -0.4 is 0 Å². The lowest BCUT2D eigenvalue weighted by Gasteiger charge is -2.11. The summed E-state index contributed by atoms with van der Waals surface area (Å²) < 4.78 is 35.0. The Labute approximate surface area is 176 Å². The summed E-state index contributed by atoms with van der Waals surface area (Å²) in [5.74, 6) is 0.458. The molecule has 4 aromatic rings. The molecule has 2 aromatic heterocycles. The minimum absolute atomic E-state index is 0.156. The molecule has 0 unspecified atom stereocenters. The van der Waals surface area contributed by atoms with Crippen molar-refractivity contribution in [2.45, 2.75) is 37.1 Å². The summed E-state index contributed by atoms with van der Waals surface area (Å²) >= 11 is 1.28. The molecule has 30 heavy (non-hydrogen) atoms. The highest BCUT2D eigenvalue weighted by Crippen LogP contribution is 2.31. The van der Waals surface area contributed by atoms with E-state index in [0.29, 0.717) is 28.4 Å². The second kappa shape index (κ2) is 7.98. The van der Waals surface area contributed by atoms with Crippen LogP contribution in [0.1, 0.15) is 32.5 Å². The van der Waals surface area contributed by atoms with Crippen LogP contribution in [0, 0.1) is 11.6 Å². The lowest BCUT2D eigenvalue weighted by atomic mass is 9.96. The van der Waals surface area contributed by atoms with Crippen LogP contribution in [0.25, 0.3) is 17.1 Å². The van der Waals surface area contributed by atoms with Gasteiger partial charge in [0, 0.05) is 17.0 Å². The Kier molecular flexibility index (Phi) is 5.38. The first-order valence-corrected chi connectivity index (χ1v) is 10.2. The molecule has 0 saturated heterocycles. The monoisotopic (exact) mass is 427 g/mol. The van der Waals surface area contributed by atoms with Crippen molar-refractivity contribution in [3.8, 4) is 17.1 Å². The van der Waals surface area contributed by atoms with Gasteiger partial charge in [0.05, 0.1) is 11.4 Å². The van der Waals surface area contributed by atoms with Crippen LogP contribution in [-0.2, 0) is 11.2 Å². The van der Waals surface area contributed by atoms with Crippen LogP contribution in [0.4, 0.5) is 8.78 Å². The Morgan fingerprint density at radius 2 is 1.80 bits per heavy atom. The molecule has 0 radical (unpaired) electrons. The third kappa shape index (κ3) is 4.11. The number of hydrogen-bond acceptors (Lipinski definition) is 6. The molecule has 0 aliphatic carbocycles. The van der Waals surface area contributed by atoms with Gasteiger partial charge in [0.2, 0.25) is 5.89 Å². The van der Waals surface area contributed by atoms with E-state index in [0.717, 1.165) is 11.6 Å². The molecule has 0 spiro atoms. The van der Waals surface area contributed by atoms with Gasteiger partial charge in [0.15, 0.2) is 16.8 Å². The van der Waals surface area contributed by atoms with Crippen LogP contribution >= 0.6 is 11.8 Å². The summed E-state index contributed by atoms with van der Waals surface area (Å²) in [6.07, 6.45) is 0. The fourth-order valence-electron chi connectivity index (χ4n) is 2.76. The molecule has 2 aromatic carbocycles. The van der Waals surface area contributed by atoms with Gasteiger partial charge >= 0.3 is 0 Å². The highest BCUT2D eigenvalue weighted by molar-refractivity contribution is 7.98. The van der Waals surface area contributed by atoms with Gasteiger partial charge in [0.25, 0.3) is 0 Å². The molecule has 0 fully saturated rings. The number of hydrogen-bond donors (Lipinski definition) is 0. The van der Waals surface area contributed by atoms with E-state index in [2.05, 4.69) is 20.3 Å². The molecule has 0 aliphatic heterocycles. The van der Waals surface area contributed by atoms with Gasteiger partial charge < -0.3 is 4.52 Å². The van der Waals surface area contributed by atoms with Gasteiger partial charge in [-0.25, -0.2) is 8.78 Å². The SMILES string of the molecule is CC(C)(C)c1noc(CSc2nnc(-c3ccccc3)n2-c2ccc(F)cc2F)n1. The minimum atomic E-state index is -0.707. The number of thioether (sulfide) groups is 1. The van der Waals surface area contributed by atoms with E-state index in [-0.39, 0.29) is 11.1 Å². The Morgan fingerprint density at radius 3 is 2.47 bits per heavy atom. The van der Waals surface area contributed by atoms with Crippen molar-refractivity contribution in [2.24, 2.45) is 0 Å². The molecule has 0 N–H and O–H groups in total. The summed E-state index contributed by atoms with van der Waals surface area (Å²) in [5, 5.41) is 12.9. The summed E-state index contributed by atoms with van der Waals surface area (Å²) in [5.41, 5.74) is 0.682. The van der Waals surface area contributed by atoms with Gasteiger partial charge in [-0.2, -0.15) is 4.98 Å². The van der Waals surface area contributed by atoms with Crippen molar-refractivity contribution >= 4 is 11.8 Å². The summed E-state index contributed by atoms with van der Waals surface area (Å²) in [4.78, 5) is 4.41. The standard InChI is InChI=1S/C21H19F2N5OS/c1-21(2,3)19-24-17(29-27-19)12-30-20-26-25-18(13-7-5-4-6-8-13)28(20)16-10-9-14(22)11-15(16)23/h4-11H,12H2,1-3H3. The van der Waals surface area contributed by atoms with Crippen molar-refractivity contribution in [2.75, 3.05) is 0 Å². The average molecular weight is 427 g/mol. The number of benzene rings is 2. The lowest BCUT2D eigenvalue weighted by Crippen LogP contribution is -2.13. The third-order valence-corrected chi connectivity index (χ3v) is 5.19. The minimum Gasteiger partial charge on any atom is -0.338 e. The van der Waals surface area contributed by atoms with Crippen molar-refractivity contribution in [1.82, 2.24) is 24.9 Å². The van der Waals surface area contributed by atoms with E-state index >= 15 is 0 Å². The molecule has 9 heteroatoms. The molecular formula is C21H19F2N5OS.